The van der Waals surface area contributed by atoms with E-state index in [1.165, 1.54) is 51.6 Å². The van der Waals surface area contributed by atoms with Crippen LogP contribution in [0.5, 0.6) is 0 Å². The van der Waals surface area contributed by atoms with Crippen LogP contribution in [0.25, 0.3) is 0 Å². The van der Waals surface area contributed by atoms with E-state index < -0.39 is 0 Å². The molecule has 116 valence electrons. The van der Waals surface area contributed by atoms with E-state index in [2.05, 4.69) is 27.4 Å². The van der Waals surface area contributed by atoms with Crippen molar-refractivity contribution in [2.24, 2.45) is 10.9 Å². The van der Waals surface area contributed by atoms with E-state index >= 15 is 0 Å². The van der Waals surface area contributed by atoms with Crippen molar-refractivity contribution in [3.05, 3.63) is 0 Å². The van der Waals surface area contributed by atoms with E-state index in [1.807, 2.05) is 7.05 Å². The molecule has 3 atom stereocenters. The number of nitrogens with one attached hydrogen (secondary N) is 2. The molecule has 5 heteroatoms. The van der Waals surface area contributed by atoms with Gasteiger partial charge >= 0.3 is 0 Å². The Hall–Kier alpha value is -0.0400. The van der Waals surface area contributed by atoms with Gasteiger partial charge in [0.05, 0.1) is 0 Å². The molecule has 0 bridgehead atoms. The largest absolute Gasteiger partial charge is 0.353 e. The summed E-state index contributed by atoms with van der Waals surface area (Å²) in [5, 5.41) is 7.13. The van der Waals surface area contributed by atoms with Gasteiger partial charge in [-0.05, 0) is 31.6 Å². The molecule has 0 amide bonds. The molecule has 0 aromatic heterocycles. The zero-order chi connectivity index (χ0) is 13.2. The lowest BCUT2D eigenvalue weighted by Gasteiger charge is -2.24. The van der Waals surface area contributed by atoms with E-state index in [4.69, 9.17) is 0 Å². The molecule has 20 heavy (non-hydrogen) atoms. The molecule has 2 saturated carbocycles. The first kappa shape index (κ1) is 16.3. The number of hydrogen-bond acceptors (Lipinski definition) is 2. The van der Waals surface area contributed by atoms with E-state index in [1.54, 1.807) is 0 Å². The number of hydrogen-bond donors (Lipinski definition) is 2. The Labute approximate surface area is 140 Å². The summed E-state index contributed by atoms with van der Waals surface area (Å²) in [4.78, 5) is 7.06. The fourth-order valence-electron chi connectivity index (χ4n) is 3.57. The third kappa shape index (κ3) is 4.00. The van der Waals surface area contributed by atoms with Crippen LogP contribution in [0.1, 0.15) is 45.4 Å². The summed E-state index contributed by atoms with van der Waals surface area (Å²) in [7, 11) is 1.88. The highest BCUT2D eigenvalue weighted by Crippen LogP contribution is 2.29. The highest BCUT2D eigenvalue weighted by molar-refractivity contribution is 14.0. The Bertz CT molecular complexity index is 341. The summed E-state index contributed by atoms with van der Waals surface area (Å²) in [5.74, 6) is 1.82. The van der Waals surface area contributed by atoms with Crippen molar-refractivity contribution in [3.8, 4) is 0 Å². The van der Waals surface area contributed by atoms with Gasteiger partial charge in [-0.25, -0.2) is 0 Å². The first-order valence-corrected chi connectivity index (χ1v) is 8.00. The minimum atomic E-state index is 0. The van der Waals surface area contributed by atoms with E-state index in [-0.39, 0.29) is 24.0 Å². The topological polar surface area (TPSA) is 39.7 Å². The lowest BCUT2D eigenvalue weighted by Crippen LogP contribution is -2.46. The van der Waals surface area contributed by atoms with Gasteiger partial charge in [-0.2, -0.15) is 0 Å². The Balaban J connectivity index is 0.00000147. The average molecular weight is 392 g/mol. The normalized spacial score (nSPS) is 34.9. The Morgan fingerprint density at radius 3 is 2.45 bits per heavy atom. The van der Waals surface area contributed by atoms with Gasteiger partial charge in [-0.15, -0.1) is 24.0 Å². The summed E-state index contributed by atoms with van der Waals surface area (Å²) in [6, 6.07) is 2.10. The minimum Gasteiger partial charge on any atom is -0.353 e. The van der Waals surface area contributed by atoms with Crippen molar-refractivity contribution in [2.45, 2.75) is 63.6 Å². The van der Waals surface area contributed by atoms with Gasteiger partial charge in [-0.3, -0.25) is 9.89 Å². The molecule has 1 aliphatic heterocycles. The third-order valence-electron chi connectivity index (χ3n) is 5.06. The maximum absolute atomic E-state index is 4.36. The van der Waals surface area contributed by atoms with Crippen LogP contribution in [-0.4, -0.2) is 49.1 Å². The third-order valence-corrected chi connectivity index (χ3v) is 5.06. The summed E-state index contributed by atoms with van der Waals surface area (Å²) in [6.07, 6.45) is 8.25. The molecule has 0 aromatic rings. The number of rotatable bonds is 3. The second-order valence-electron chi connectivity index (χ2n) is 6.60. The van der Waals surface area contributed by atoms with Gasteiger partial charge in [0.1, 0.15) is 0 Å². The predicted molar refractivity (Wildman–Crippen MR) is 94.8 cm³/mol. The van der Waals surface area contributed by atoms with Gasteiger partial charge in [0.15, 0.2) is 5.96 Å². The van der Waals surface area contributed by atoms with Crippen molar-refractivity contribution in [1.82, 2.24) is 15.5 Å². The van der Waals surface area contributed by atoms with Crippen LogP contribution in [0.4, 0.5) is 0 Å². The van der Waals surface area contributed by atoms with Crippen LogP contribution in [0.15, 0.2) is 4.99 Å². The van der Waals surface area contributed by atoms with Crippen LogP contribution in [0, 0.1) is 5.92 Å². The van der Waals surface area contributed by atoms with E-state index in [0.717, 1.165) is 17.9 Å². The van der Waals surface area contributed by atoms with Gasteiger partial charge in [0.25, 0.3) is 0 Å². The van der Waals surface area contributed by atoms with Crippen molar-refractivity contribution in [1.29, 1.82) is 0 Å². The molecule has 3 aliphatic rings. The van der Waals surface area contributed by atoms with E-state index in [9.17, 15) is 0 Å². The summed E-state index contributed by atoms with van der Waals surface area (Å²) < 4.78 is 0. The molecule has 1 heterocycles. The predicted octanol–water partition coefficient (Wildman–Crippen LogP) is 2.19. The fourth-order valence-corrected chi connectivity index (χ4v) is 3.57. The number of likely N-dealkylation sites (tertiary alicyclic amines) is 1. The molecule has 2 N–H and O–H groups in total. The second kappa shape index (κ2) is 7.29. The molecule has 0 aromatic carbocycles. The molecule has 1 saturated heterocycles. The van der Waals surface area contributed by atoms with Crippen molar-refractivity contribution < 1.29 is 0 Å². The zero-order valence-corrected chi connectivity index (χ0v) is 15.1. The lowest BCUT2D eigenvalue weighted by atomic mass is 10.2. The van der Waals surface area contributed by atoms with Crippen molar-refractivity contribution in [2.75, 3.05) is 20.1 Å². The Kier molecular flexibility index (Phi) is 5.95. The molecule has 0 spiro atoms. The molecular formula is C15H29IN4. The SMILES string of the molecule is CN=C(NC1CCN(C2CCCC2)C1)NC1CC1C.I. The highest BCUT2D eigenvalue weighted by atomic mass is 127. The van der Waals surface area contributed by atoms with Crippen molar-refractivity contribution >= 4 is 29.9 Å². The first-order valence-electron chi connectivity index (χ1n) is 8.00. The molecule has 0 radical (unpaired) electrons. The Morgan fingerprint density at radius 1 is 1.15 bits per heavy atom. The van der Waals surface area contributed by atoms with Gasteiger partial charge in [0.2, 0.25) is 0 Å². The van der Waals surface area contributed by atoms with Crippen LogP contribution >= 0.6 is 24.0 Å². The molecule has 3 unspecified atom stereocenters. The van der Waals surface area contributed by atoms with Gasteiger partial charge in [0, 0.05) is 38.3 Å². The molecule has 3 fully saturated rings. The number of halogens is 1. The fraction of sp³-hybridized carbons (Fsp3) is 0.933. The summed E-state index contributed by atoms with van der Waals surface area (Å²) in [5.41, 5.74) is 0. The maximum Gasteiger partial charge on any atom is 0.191 e. The quantitative estimate of drug-likeness (QED) is 0.440. The average Bonchev–Trinajstić information content (AvgIpc) is 2.89. The maximum atomic E-state index is 4.36. The lowest BCUT2D eigenvalue weighted by molar-refractivity contribution is 0.242. The summed E-state index contributed by atoms with van der Waals surface area (Å²) >= 11 is 0. The molecular weight excluding hydrogens is 363 g/mol. The number of aliphatic imine (C=N–C) groups is 1. The standard InChI is InChI=1S/C15H28N4.HI/c1-11-9-14(11)18-15(16-2)17-12-7-8-19(10-12)13-5-3-4-6-13;/h11-14H,3-10H2,1-2H3,(H2,16,17,18);1H. The Morgan fingerprint density at radius 2 is 1.85 bits per heavy atom. The molecule has 2 aliphatic carbocycles. The zero-order valence-electron chi connectivity index (χ0n) is 12.8. The molecule has 4 nitrogen and oxygen atoms in total. The number of guanidine groups is 1. The molecule has 3 rings (SSSR count). The minimum absolute atomic E-state index is 0. The first-order chi connectivity index (χ1) is 9.26. The summed E-state index contributed by atoms with van der Waals surface area (Å²) in [6.45, 7) is 4.76. The second-order valence-corrected chi connectivity index (χ2v) is 6.60. The van der Waals surface area contributed by atoms with E-state index in [0.29, 0.717) is 12.1 Å². The van der Waals surface area contributed by atoms with Crippen LogP contribution < -0.4 is 10.6 Å². The van der Waals surface area contributed by atoms with Crippen LogP contribution in [0.3, 0.4) is 0 Å². The monoisotopic (exact) mass is 392 g/mol. The van der Waals surface area contributed by atoms with Crippen molar-refractivity contribution in [3.63, 3.8) is 0 Å². The van der Waals surface area contributed by atoms with Crippen LogP contribution in [-0.2, 0) is 0 Å². The van der Waals surface area contributed by atoms with Crippen LogP contribution in [0.2, 0.25) is 0 Å². The smallest absolute Gasteiger partial charge is 0.191 e. The van der Waals surface area contributed by atoms with Gasteiger partial charge in [-0.1, -0.05) is 19.8 Å². The number of nitrogens with zero attached hydrogens (tertiary/aromatic N) is 2. The van der Waals surface area contributed by atoms with Gasteiger partial charge < -0.3 is 10.6 Å². The highest BCUT2D eigenvalue weighted by Gasteiger charge is 2.34.